The Morgan fingerprint density at radius 3 is 3.00 bits per heavy atom. The van der Waals surface area contributed by atoms with E-state index in [2.05, 4.69) is 17.0 Å². The van der Waals surface area contributed by atoms with Crippen LogP contribution < -0.4 is 5.32 Å². The predicted octanol–water partition coefficient (Wildman–Crippen LogP) is 2.48. The molecule has 0 aliphatic heterocycles. The van der Waals surface area contributed by atoms with Crippen LogP contribution in [0.25, 0.3) is 0 Å². The lowest BCUT2D eigenvalue weighted by Crippen LogP contribution is -2.18. The molecule has 0 heterocycles. The smallest absolute Gasteiger partial charge is 0.331 e. The molecule has 1 N–H and O–H groups in total. The van der Waals surface area contributed by atoms with Gasteiger partial charge in [-0.3, -0.25) is 0 Å². The van der Waals surface area contributed by atoms with Crippen molar-refractivity contribution in [2.75, 3.05) is 13.7 Å². The number of carbonyl (C=O) groups is 1. The van der Waals surface area contributed by atoms with E-state index in [4.69, 9.17) is 0 Å². The first kappa shape index (κ1) is 13.1. The van der Waals surface area contributed by atoms with Crippen LogP contribution in [0.1, 0.15) is 39.0 Å². The number of ether oxygens (including phenoxy) is 1. The van der Waals surface area contributed by atoms with Crippen LogP contribution in [0, 0.1) is 11.8 Å². The zero-order chi connectivity index (χ0) is 11.8. The average molecular weight is 225 g/mol. The Morgan fingerprint density at radius 2 is 2.31 bits per heavy atom. The second kappa shape index (κ2) is 7.31. The van der Waals surface area contributed by atoms with Crippen LogP contribution in [0.5, 0.6) is 0 Å². The fourth-order valence-electron chi connectivity index (χ4n) is 2.39. The van der Waals surface area contributed by atoms with E-state index >= 15 is 0 Å². The van der Waals surface area contributed by atoms with Crippen LogP contribution in [0.15, 0.2) is 12.3 Å². The monoisotopic (exact) mass is 225 g/mol. The number of esters is 1. The average Bonchev–Trinajstić information content (AvgIpc) is 2.28. The van der Waals surface area contributed by atoms with Crippen LogP contribution in [0.3, 0.4) is 0 Å². The molecule has 0 spiro atoms. The van der Waals surface area contributed by atoms with Gasteiger partial charge in [0.25, 0.3) is 0 Å². The highest BCUT2D eigenvalue weighted by atomic mass is 16.5. The summed E-state index contributed by atoms with van der Waals surface area (Å²) in [4.78, 5) is 10.8. The largest absolute Gasteiger partial charge is 0.466 e. The van der Waals surface area contributed by atoms with Crippen LogP contribution >= 0.6 is 0 Å². The maximum Gasteiger partial charge on any atom is 0.331 e. The van der Waals surface area contributed by atoms with E-state index in [0.29, 0.717) is 0 Å². The molecule has 0 radical (unpaired) electrons. The van der Waals surface area contributed by atoms with Crippen LogP contribution in [0.4, 0.5) is 0 Å². The van der Waals surface area contributed by atoms with Gasteiger partial charge in [-0.15, -0.1) is 0 Å². The molecule has 0 aromatic rings. The Kier molecular flexibility index (Phi) is 5.98. The third kappa shape index (κ3) is 5.19. The molecule has 2 atom stereocenters. The molecule has 2 unspecified atom stereocenters. The van der Waals surface area contributed by atoms with Crippen molar-refractivity contribution in [1.82, 2.24) is 5.32 Å². The molecule has 92 valence electrons. The summed E-state index contributed by atoms with van der Waals surface area (Å²) in [5.41, 5.74) is 0. The van der Waals surface area contributed by atoms with Crippen LogP contribution in [0.2, 0.25) is 0 Å². The van der Waals surface area contributed by atoms with Gasteiger partial charge in [-0.25, -0.2) is 4.79 Å². The molecule has 0 bridgehead atoms. The van der Waals surface area contributed by atoms with Gasteiger partial charge in [0.15, 0.2) is 0 Å². The maximum atomic E-state index is 10.8. The summed E-state index contributed by atoms with van der Waals surface area (Å²) in [6, 6.07) is 0. The van der Waals surface area contributed by atoms with E-state index in [9.17, 15) is 4.79 Å². The summed E-state index contributed by atoms with van der Waals surface area (Å²) in [7, 11) is 1.39. The number of nitrogens with one attached hydrogen (secondary N) is 1. The Labute approximate surface area is 98.2 Å². The van der Waals surface area contributed by atoms with Crippen molar-refractivity contribution in [2.24, 2.45) is 11.8 Å². The zero-order valence-corrected chi connectivity index (χ0v) is 10.4. The Morgan fingerprint density at radius 1 is 1.50 bits per heavy atom. The molecular weight excluding hydrogens is 202 g/mol. The molecule has 3 heteroatoms. The normalized spacial score (nSPS) is 25.6. The van der Waals surface area contributed by atoms with Crippen molar-refractivity contribution in [3.05, 3.63) is 12.3 Å². The third-order valence-electron chi connectivity index (χ3n) is 3.28. The van der Waals surface area contributed by atoms with Crippen LogP contribution in [-0.2, 0) is 9.53 Å². The Hall–Kier alpha value is -0.990. The molecule has 1 rings (SSSR count). The Bertz CT molecular complexity index is 238. The van der Waals surface area contributed by atoms with E-state index in [-0.39, 0.29) is 5.97 Å². The molecule has 1 aliphatic rings. The van der Waals surface area contributed by atoms with Gasteiger partial charge in [0.1, 0.15) is 0 Å². The number of methoxy groups -OCH3 is 1. The molecule has 1 fully saturated rings. The summed E-state index contributed by atoms with van der Waals surface area (Å²) in [6.45, 7) is 3.29. The fraction of sp³-hybridized carbons (Fsp3) is 0.769. The summed E-state index contributed by atoms with van der Waals surface area (Å²) >= 11 is 0. The van der Waals surface area contributed by atoms with E-state index < -0.39 is 0 Å². The summed E-state index contributed by atoms with van der Waals surface area (Å²) in [5, 5.41) is 3.13. The van der Waals surface area contributed by atoms with E-state index in [1.165, 1.54) is 45.3 Å². The van der Waals surface area contributed by atoms with Gasteiger partial charge in [0, 0.05) is 18.8 Å². The SMILES string of the molecule is COC(=O)/C=C/NCCC1CCCC(C)C1. The molecule has 1 aliphatic carbocycles. The van der Waals surface area contributed by atoms with E-state index in [1.54, 1.807) is 6.20 Å². The van der Waals surface area contributed by atoms with Crippen LogP contribution in [-0.4, -0.2) is 19.6 Å². The van der Waals surface area contributed by atoms with Crippen molar-refractivity contribution < 1.29 is 9.53 Å². The second-order valence-electron chi connectivity index (χ2n) is 4.74. The Balaban J connectivity index is 2.06. The molecular formula is C13H23NO2. The highest BCUT2D eigenvalue weighted by Gasteiger charge is 2.17. The molecule has 0 aromatic carbocycles. The minimum atomic E-state index is -0.307. The van der Waals surface area contributed by atoms with Gasteiger partial charge in [0.2, 0.25) is 0 Å². The standard InChI is InChI=1S/C13H23NO2/c1-11-4-3-5-12(10-11)6-8-14-9-7-13(15)16-2/h7,9,11-12,14H,3-6,8,10H2,1-2H3/b9-7+. The molecule has 0 saturated heterocycles. The first-order chi connectivity index (χ1) is 7.72. The van der Waals surface area contributed by atoms with Crippen molar-refractivity contribution in [2.45, 2.75) is 39.0 Å². The number of rotatable bonds is 5. The summed E-state index contributed by atoms with van der Waals surface area (Å²) in [5.74, 6) is 1.45. The minimum absolute atomic E-state index is 0.307. The number of hydrogen-bond acceptors (Lipinski definition) is 3. The number of hydrogen-bond donors (Lipinski definition) is 1. The van der Waals surface area contributed by atoms with Gasteiger partial charge in [0.05, 0.1) is 7.11 Å². The third-order valence-corrected chi connectivity index (χ3v) is 3.28. The molecule has 3 nitrogen and oxygen atoms in total. The lowest BCUT2D eigenvalue weighted by atomic mass is 9.81. The number of carbonyl (C=O) groups excluding carboxylic acids is 1. The van der Waals surface area contributed by atoms with Gasteiger partial charge >= 0.3 is 5.97 Å². The zero-order valence-electron chi connectivity index (χ0n) is 10.4. The minimum Gasteiger partial charge on any atom is -0.466 e. The topological polar surface area (TPSA) is 38.3 Å². The predicted molar refractivity (Wildman–Crippen MR) is 64.9 cm³/mol. The van der Waals surface area contributed by atoms with Gasteiger partial charge in [-0.1, -0.05) is 26.2 Å². The quantitative estimate of drug-likeness (QED) is 0.444. The molecule has 0 amide bonds. The second-order valence-corrected chi connectivity index (χ2v) is 4.74. The van der Waals surface area contributed by atoms with Gasteiger partial charge in [-0.2, -0.15) is 0 Å². The highest BCUT2D eigenvalue weighted by molar-refractivity contribution is 5.81. The maximum absolute atomic E-state index is 10.8. The van der Waals surface area contributed by atoms with Crippen molar-refractivity contribution >= 4 is 5.97 Å². The van der Waals surface area contributed by atoms with Crippen molar-refractivity contribution in [3.8, 4) is 0 Å². The first-order valence-electron chi connectivity index (χ1n) is 6.20. The molecule has 16 heavy (non-hydrogen) atoms. The van der Waals surface area contributed by atoms with Crippen molar-refractivity contribution in [1.29, 1.82) is 0 Å². The molecule has 0 aromatic heterocycles. The van der Waals surface area contributed by atoms with E-state index in [1.807, 2.05) is 0 Å². The lowest BCUT2D eigenvalue weighted by molar-refractivity contribution is -0.134. The highest BCUT2D eigenvalue weighted by Crippen LogP contribution is 2.30. The summed E-state index contributed by atoms with van der Waals surface area (Å²) in [6.07, 6.45) is 9.81. The van der Waals surface area contributed by atoms with Gasteiger partial charge in [-0.05, 0) is 24.7 Å². The van der Waals surface area contributed by atoms with E-state index in [0.717, 1.165) is 18.4 Å². The fourth-order valence-corrected chi connectivity index (χ4v) is 2.39. The summed E-state index contributed by atoms with van der Waals surface area (Å²) < 4.78 is 4.50. The van der Waals surface area contributed by atoms with Gasteiger partial charge < -0.3 is 10.1 Å². The van der Waals surface area contributed by atoms with Crippen molar-refractivity contribution in [3.63, 3.8) is 0 Å². The first-order valence-corrected chi connectivity index (χ1v) is 6.20. The lowest BCUT2D eigenvalue weighted by Gasteiger charge is -2.26. The molecule has 1 saturated carbocycles.